The van der Waals surface area contributed by atoms with E-state index in [0.717, 1.165) is 48.8 Å². The van der Waals surface area contributed by atoms with Crippen LogP contribution in [0.15, 0.2) is 103 Å². The van der Waals surface area contributed by atoms with E-state index in [0.29, 0.717) is 6.42 Å². The van der Waals surface area contributed by atoms with Crippen molar-refractivity contribution in [2.24, 2.45) is 5.92 Å². The Bertz CT molecular complexity index is 1470. The van der Waals surface area contributed by atoms with E-state index >= 15 is 0 Å². The van der Waals surface area contributed by atoms with E-state index in [1.54, 1.807) is 13.8 Å². The Morgan fingerprint density at radius 2 is 1.18 bits per heavy atom. The molecule has 0 amide bonds. The summed E-state index contributed by atoms with van der Waals surface area (Å²) in [5.41, 5.74) is 2.18. The van der Waals surface area contributed by atoms with E-state index in [-0.39, 0.29) is 26.2 Å². The highest BCUT2D eigenvalue weighted by Gasteiger charge is 2.36. The Kier molecular flexibility index (Phi) is 22.7. The zero-order valence-electron chi connectivity index (χ0n) is 33.9. The molecule has 0 aliphatic carbocycles. The summed E-state index contributed by atoms with van der Waals surface area (Å²) >= 11 is 0. The molecule has 10 heteroatoms. The minimum Gasteiger partial charge on any atom is -0.462 e. The molecular weight excluding hydrogens is 725 g/mol. The number of hydrogen-bond acceptors (Lipinski definition) is 8. The predicted molar refractivity (Wildman–Crippen MR) is 224 cm³/mol. The van der Waals surface area contributed by atoms with Gasteiger partial charge < -0.3 is 14.4 Å². The molecule has 0 aromatic heterocycles. The molecule has 308 valence electrons. The summed E-state index contributed by atoms with van der Waals surface area (Å²) in [7, 11) is -4.58. The normalized spacial score (nSPS) is 13.4. The standard InChI is InChI=1S/C46H66NO8P/c1-4-5-6-7-8-9-10-11-12-13-14-15-16-17-27-34-44(48)52-37-43(55-45(49)39(2)3)38-54-56(50,51)53-36-35-47-46(40-28-21-18-22-29-40,41-30-23-19-24-31-41)42-32-25-20-26-33-42/h11-12,18-26,28-33,39,43,47H,4-10,13-17,27,34-38H2,1-3H3,(H,50,51)/t43-/m1/s1. The molecule has 0 radical (unpaired) electrons. The van der Waals surface area contributed by atoms with Gasteiger partial charge in [-0.25, -0.2) is 4.57 Å². The molecule has 2 atom stereocenters. The van der Waals surface area contributed by atoms with Gasteiger partial charge in [-0.1, -0.05) is 175 Å². The fraction of sp³-hybridized carbons (Fsp3) is 0.522. The number of phosphoric acid groups is 1. The van der Waals surface area contributed by atoms with Gasteiger partial charge in [0.15, 0.2) is 6.10 Å². The summed E-state index contributed by atoms with van der Waals surface area (Å²) in [6.07, 6.45) is 18.9. The summed E-state index contributed by atoms with van der Waals surface area (Å²) in [6.45, 7) is 4.84. The third-order valence-corrected chi connectivity index (χ3v) is 10.6. The van der Waals surface area contributed by atoms with Crippen molar-refractivity contribution in [3.05, 3.63) is 120 Å². The second-order valence-corrected chi connectivity index (χ2v) is 16.1. The zero-order valence-corrected chi connectivity index (χ0v) is 34.8. The van der Waals surface area contributed by atoms with Crippen LogP contribution in [-0.4, -0.2) is 49.3 Å². The molecule has 3 aromatic rings. The highest BCUT2D eigenvalue weighted by atomic mass is 31.2. The molecule has 0 spiro atoms. The Hall–Kier alpha value is -3.59. The minimum absolute atomic E-state index is 0.163. The quantitative estimate of drug-likeness (QED) is 0.0223. The molecule has 0 heterocycles. The maximum atomic E-state index is 13.0. The summed E-state index contributed by atoms with van der Waals surface area (Å²) < 4.78 is 34.5. The number of allylic oxidation sites excluding steroid dienone is 2. The Balaban J connectivity index is 1.43. The molecule has 0 aliphatic heterocycles. The van der Waals surface area contributed by atoms with Crippen molar-refractivity contribution < 1.29 is 37.6 Å². The van der Waals surface area contributed by atoms with Crippen molar-refractivity contribution in [2.75, 3.05) is 26.4 Å². The molecule has 0 aliphatic rings. The maximum absolute atomic E-state index is 13.0. The minimum atomic E-state index is -4.58. The molecule has 0 bridgehead atoms. The molecule has 3 aromatic carbocycles. The molecule has 1 unspecified atom stereocenters. The summed E-state index contributed by atoms with van der Waals surface area (Å²) in [4.78, 5) is 35.5. The molecule has 0 saturated heterocycles. The number of carbonyl (C=O) groups is 2. The first-order chi connectivity index (χ1) is 27.2. The van der Waals surface area contributed by atoms with Gasteiger partial charge in [-0.3, -0.25) is 24.0 Å². The first-order valence-electron chi connectivity index (χ1n) is 20.7. The number of esters is 2. The average Bonchev–Trinajstić information content (AvgIpc) is 3.21. The van der Waals surface area contributed by atoms with Crippen LogP contribution in [0.5, 0.6) is 0 Å². The van der Waals surface area contributed by atoms with Gasteiger partial charge in [-0.05, 0) is 48.8 Å². The number of nitrogens with one attached hydrogen (secondary N) is 1. The van der Waals surface area contributed by atoms with Gasteiger partial charge in [0.1, 0.15) is 6.61 Å². The number of unbranched alkanes of at least 4 members (excludes halogenated alkanes) is 11. The van der Waals surface area contributed by atoms with E-state index in [9.17, 15) is 19.0 Å². The van der Waals surface area contributed by atoms with Crippen molar-refractivity contribution in [1.29, 1.82) is 0 Å². The molecular formula is C46H66NO8P. The fourth-order valence-corrected chi connectivity index (χ4v) is 7.25. The maximum Gasteiger partial charge on any atom is 0.472 e. The zero-order chi connectivity index (χ0) is 40.3. The average molecular weight is 792 g/mol. The second kappa shape index (κ2) is 27.1. The van der Waals surface area contributed by atoms with Gasteiger partial charge in [0.2, 0.25) is 0 Å². The van der Waals surface area contributed by atoms with Crippen LogP contribution >= 0.6 is 7.82 Å². The topological polar surface area (TPSA) is 120 Å². The van der Waals surface area contributed by atoms with E-state index < -0.39 is 43.9 Å². The van der Waals surface area contributed by atoms with Crippen molar-refractivity contribution in [3.63, 3.8) is 0 Å². The SMILES string of the molecule is CCCCCCCCC=CCCCCCCCC(=O)OC[C@H](COP(=O)(O)OCCNC(c1ccccc1)(c1ccccc1)c1ccccc1)OC(=O)C(C)C. The van der Waals surface area contributed by atoms with Crippen molar-refractivity contribution in [2.45, 2.75) is 122 Å². The largest absolute Gasteiger partial charge is 0.472 e. The van der Waals surface area contributed by atoms with Gasteiger partial charge in [-0.2, -0.15) is 0 Å². The van der Waals surface area contributed by atoms with Crippen LogP contribution in [0.3, 0.4) is 0 Å². The lowest BCUT2D eigenvalue weighted by Gasteiger charge is -2.37. The van der Waals surface area contributed by atoms with Gasteiger partial charge in [0.05, 0.1) is 24.7 Å². The Morgan fingerprint density at radius 1 is 0.696 bits per heavy atom. The smallest absolute Gasteiger partial charge is 0.462 e. The van der Waals surface area contributed by atoms with E-state index in [1.807, 2.05) is 91.0 Å². The molecule has 0 saturated carbocycles. The number of hydrogen-bond donors (Lipinski definition) is 2. The predicted octanol–water partition coefficient (Wildman–Crippen LogP) is 10.9. The number of phosphoric ester groups is 1. The van der Waals surface area contributed by atoms with Crippen LogP contribution in [0.2, 0.25) is 0 Å². The van der Waals surface area contributed by atoms with Gasteiger partial charge in [0.25, 0.3) is 0 Å². The van der Waals surface area contributed by atoms with Crippen LogP contribution in [0.1, 0.15) is 127 Å². The summed E-state index contributed by atoms with van der Waals surface area (Å²) in [5.74, 6) is -1.41. The second-order valence-electron chi connectivity index (χ2n) is 14.6. The molecule has 56 heavy (non-hydrogen) atoms. The fourth-order valence-electron chi connectivity index (χ4n) is 6.50. The first kappa shape index (κ1) is 46.8. The lowest BCUT2D eigenvalue weighted by Crippen LogP contribution is -2.46. The van der Waals surface area contributed by atoms with Gasteiger partial charge in [-0.15, -0.1) is 0 Å². The van der Waals surface area contributed by atoms with Crippen molar-refractivity contribution in [3.8, 4) is 0 Å². The molecule has 9 nitrogen and oxygen atoms in total. The van der Waals surface area contributed by atoms with E-state index in [4.69, 9.17) is 18.5 Å². The van der Waals surface area contributed by atoms with Crippen molar-refractivity contribution >= 4 is 19.8 Å². The first-order valence-corrected chi connectivity index (χ1v) is 22.2. The van der Waals surface area contributed by atoms with Crippen LogP contribution in [-0.2, 0) is 38.2 Å². The van der Waals surface area contributed by atoms with Gasteiger partial charge in [0, 0.05) is 13.0 Å². The van der Waals surface area contributed by atoms with Crippen molar-refractivity contribution in [1.82, 2.24) is 5.32 Å². The monoisotopic (exact) mass is 791 g/mol. The number of benzene rings is 3. The molecule has 0 fully saturated rings. The summed E-state index contributed by atoms with van der Waals surface area (Å²) in [6, 6.07) is 30.0. The highest BCUT2D eigenvalue weighted by molar-refractivity contribution is 7.47. The number of rotatable bonds is 30. The van der Waals surface area contributed by atoms with Crippen LogP contribution in [0.4, 0.5) is 0 Å². The third-order valence-electron chi connectivity index (χ3n) is 9.62. The van der Waals surface area contributed by atoms with Crippen LogP contribution < -0.4 is 5.32 Å². The van der Waals surface area contributed by atoms with Gasteiger partial charge >= 0.3 is 19.8 Å². The lowest BCUT2D eigenvalue weighted by molar-refractivity contribution is -0.163. The van der Waals surface area contributed by atoms with E-state index in [2.05, 4.69) is 24.4 Å². The highest BCUT2D eigenvalue weighted by Crippen LogP contribution is 2.43. The number of carbonyl (C=O) groups excluding carboxylic acids is 2. The molecule has 2 N–H and O–H groups in total. The third kappa shape index (κ3) is 17.7. The molecule has 3 rings (SSSR count). The van der Waals surface area contributed by atoms with Crippen LogP contribution in [0.25, 0.3) is 0 Å². The Morgan fingerprint density at radius 3 is 1.68 bits per heavy atom. The number of ether oxygens (including phenoxy) is 2. The Labute approximate surface area is 336 Å². The summed E-state index contributed by atoms with van der Waals surface area (Å²) in [5, 5.41) is 3.60. The van der Waals surface area contributed by atoms with E-state index in [1.165, 1.54) is 44.9 Å². The van der Waals surface area contributed by atoms with Crippen LogP contribution in [0, 0.1) is 5.92 Å². The lowest BCUT2D eigenvalue weighted by atomic mass is 9.77.